The van der Waals surface area contributed by atoms with E-state index in [2.05, 4.69) is 11.2 Å². The van der Waals surface area contributed by atoms with Gasteiger partial charge in [0, 0.05) is 18.0 Å². The van der Waals surface area contributed by atoms with Crippen LogP contribution in [-0.2, 0) is 0 Å². The van der Waals surface area contributed by atoms with Gasteiger partial charge < -0.3 is 5.32 Å². The lowest BCUT2D eigenvalue weighted by atomic mass is 10.0. The van der Waals surface area contributed by atoms with E-state index in [1.54, 1.807) is 0 Å². The van der Waals surface area contributed by atoms with E-state index in [1.807, 2.05) is 37.3 Å². The number of nitrogens with one attached hydrogen (secondary N) is 1. The van der Waals surface area contributed by atoms with Crippen LogP contribution in [0.25, 0.3) is 0 Å². The molecular weight excluding hydrogens is 186 g/mol. The van der Waals surface area contributed by atoms with Gasteiger partial charge >= 0.3 is 0 Å². The molecule has 0 saturated carbocycles. The lowest BCUT2D eigenvalue weighted by Crippen LogP contribution is -2.28. The molecule has 1 atom stereocenters. The standard InChI is InChI=1S/C13H15NO/c1-3-9-14-11(2)10-13(15)12-7-5-4-6-8-12/h1,4-8,11,14H,9-10H2,2H3. The second-order valence-electron chi connectivity index (χ2n) is 3.48. The molecule has 0 amide bonds. The van der Waals surface area contributed by atoms with Gasteiger partial charge in [0.2, 0.25) is 0 Å². The molecule has 0 saturated heterocycles. The number of carbonyl (C=O) groups is 1. The zero-order valence-corrected chi connectivity index (χ0v) is 8.86. The summed E-state index contributed by atoms with van der Waals surface area (Å²) in [5.41, 5.74) is 0.756. The first-order valence-corrected chi connectivity index (χ1v) is 4.99. The SMILES string of the molecule is C#CCNC(C)CC(=O)c1ccccc1. The molecule has 15 heavy (non-hydrogen) atoms. The fourth-order valence-corrected chi connectivity index (χ4v) is 1.33. The summed E-state index contributed by atoms with van der Waals surface area (Å²) in [4.78, 5) is 11.7. The Balaban J connectivity index is 2.46. The highest BCUT2D eigenvalue weighted by atomic mass is 16.1. The first kappa shape index (κ1) is 11.5. The molecule has 0 fully saturated rings. The van der Waals surface area contributed by atoms with Crippen molar-refractivity contribution in [1.82, 2.24) is 5.32 Å². The Morgan fingerprint density at radius 3 is 2.73 bits per heavy atom. The highest BCUT2D eigenvalue weighted by Crippen LogP contribution is 2.04. The van der Waals surface area contributed by atoms with Crippen molar-refractivity contribution in [2.75, 3.05) is 6.54 Å². The zero-order chi connectivity index (χ0) is 11.1. The molecule has 0 radical (unpaired) electrons. The molecule has 2 nitrogen and oxygen atoms in total. The Hall–Kier alpha value is -1.59. The van der Waals surface area contributed by atoms with Gasteiger partial charge in [-0.05, 0) is 6.92 Å². The number of benzene rings is 1. The van der Waals surface area contributed by atoms with Gasteiger partial charge in [-0.2, -0.15) is 0 Å². The zero-order valence-electron chi connectivity index (χ0n) is 8.86. The third kappa shape index (κ3) is 3.97. The minimum atomic E-state index is 0.119. The normalized spacial score (nSPS) is 11.7. The van der Waals surface area contributed by atoms with Crippen LogP contribution in [0.2, 0.25) is 0 Å². The Labute approximate surface area is 90.7 Å². The van der Waals surface area contributed by atoms with Crippen LogP contribution in [0.15, 0.2) is 30.3 Å². The molecule has 0 aliphatic heterocycles. The number of ketones is 1. The molecule has 0 aliphatic rings. The molecule has 78 valence electrons. The summed E-state index contributed by atoms with van der Waals surface area (Å²) in [5.74, 6) is 2.64. The molecule has 1 aromatic rings. The van der Waals surface area contributed by atoms with Crippen LogP contribution in [0.4, 0.5) is 0 Å². The molecule has 2 heteroatoms. The molecule has 0 heterocycles. The van der Waals surface area contributed by atoms with Gasteiger partial charge in [-0.3, -0.25) is 4.79 Å². The summed E-state index contributed by atoms with van der Waals surface area (Å²) in [6.45, 7) is 2.46. The first-order chi connectivity index (χ1) is 7.24. The van der Waals surface area contributed by atoms with Gasteiger partial charge in [0.15, 0.2) is 5.78 Å². The van der Waals surface area contributed by atoms with Crippen LogP contribution >= 0.6 is 0 Å². The van der Waals surface area contributed by atoms with E-state index in [-0.39, 0.29) is 11.8 Å². The van der Waals surface area contributed by atoms with E-state index in [1.165, 1.54) is 0 Å². The van der Waals surface area contributed by atoms with Crippen molar-refractivity contribution < 1.29 is 4.79 Å². The maximum atomic E-state index is 11.7. The minimum absolute atomic E-state index is 0.119. The number of terminal acetylenes is 1. The second kappa shape index (κ2) is 6.00. The fraction of sp³-hybridized carbons (Fsp3) is 0.308. The highest BCUT2D eigenvalue weighted by Gasteiger charge is 2.09. The quantitative estimate of drug-likeness (QED) is 0.582. The van der Waals surface area contributed by atoms with Gasteiger partial charge in [-0.15, -0.1) is 6.42 Å². The Bertz CT molecular complexity index is 351. The molecule has 0 aliphatic carbocycles. The predicted molar refractivity (Wildman–Crippen MR) is 61.7 cm³/mol. The molecular formula is C13H15NO. The van der Waals surface area contributed by atoms with Crippen LogP contribution in [-0.4, -0.2) is 18.4 Å². The van der Waals surface area contributed by atoms with Crippen LogP contribution in [0.5, 0.6) is 0 Å². The van der Waals surface area contributed by atoms with Gasteiger partial charge in [-0.1, -0.05) is 36.3 Å². The monoisotopic (exact) mass is 201 g/mol. The highest BCUT2D eigenvalue weighted by molar-refractivity contribution is 5.96. The number of hydrogen-bond donors (Lipinski definition) is 1. The maximum absolute atomic E-state index is 11.7. The van der Waals surface area contributed by atoms with Crippen molar-refractivity contribution in [2.24, 2.45) is 0 Å². The third-order valence-corrected chi connectivity index (χ3v) is 2.14. The largest absolute Gasteiger partial charge is 0.303 e. The van der Waals surface area contributed by atoms with Crippen molar-refractivity contribution in [3.63, 3.8) is 0 Å². The summed E-state index contributed by atoms with van der Waals surface area (Å²) < 4.78 is 0. The molecule has 0 spiro atoms. The average molecular weight is 201 g/mol. The number of carbonyl (C=O) groups excluding carboxylic acids is 1. The Morgan fingerprint density at radius 2 is 2.13 bits per heavy atom. The molecule has 0 bridgehead atoms. The van der Waals surface area contributed by atoms with E-state index in [0.29, 0.717) is 13.0 Å². The lowest BCUT2D eigenvalue weighted by Gasteiger charge is -2.10. The minimum Gasteiger partial charge on any atom is -0.303 e. The van der Waals surface area contributed by atoms with Gasteiger partial charge in [0.25, 0.3) is 0 Å². The summed E-state index contributed by atoms with van der Waals surface area (Å²) in [6, 6.07) is 9.41. The van der Waals surface area contributed by atoms with Gasteiger partial charge in [-0.25, -0.2) is 0 Å². The van der Waals surface area contributed by atoms with E-state index in [4.69, 9.17) is 6.42 Å². The Morgan fingerprint density at radius 1 is 1.47 bits per heavy atom. The fourth-order valence-electron chi connectivity index (χ4n) is 1.33. The molecule has 1 rings (SSSR count). The predicted octanol–water partition coefficient (Wildman–Crippen LogP) is 1.87. The van der Waals surface area contributed by atoms with E-state index < -0.39 is 0 Å². The van der Waals surface area contributed by atoms with Crippen molar-refractivity contribution in [3.8, 4) is 12.3 Å². The maximum Gasteiger partial charge on any atom is 0.164 e. The van der Waals surface area contributed by atoms with Gasteiger partial charge in [0.1, 0.15) is 0 Å². The summed E-state index contributed by atoms with van der Waals surface area (Å²) in [7, 11) is 0. The average Bonchev–Trinajstić information content (AvgIpc) is 2.27. The van der Waals surface area contributed by atoms with Crippen LogP contribution in [0, 0.1) is 12.3 Å². The van der Waals surface area contributed by atoms with Crippen molar-refractivity contribution in [3.05, 3.63) is 35.9 Å². The van der Waals surface area contributed by atoms with Crippen molar-refractivity contribution >= 4 is 5.78 Å². The van der Waals surface area contributed by atoms with E-state index in [0.717, 1.165) is 5.56 Å². The van der Waals surface area contributed by atoms with Crippen molar-refractivity contribution in [1.29, 1.82) is 0 Å². The second-order valence-corrected chi connectivity index (χ2v) is 3.48. The molecule has 1 aromatic carbocycles. The van der Waals surface area contributed by atoms with Crippen molar-refractivity contribution in [2.45, 2.75) is 19.4 Å². The summed E-state index contributed by atoms with van der Waals surface area (Å²) in [6.07, 6.45) is 5.60. The third-order valence-electron chi connectivity index (χ3n) is 2.14. The summed E-state index contributed by atoms with van der Waals surface area (Å²) in [5, 5.41) is 3.08. The van der Waals surface area contributed by atoms with Crippen LogP contribution < -0.4 is 5.32 Å². The smallest absolute Gasteiger partial charge is 0.164 e. The number of rotatable bonds is 5. The Kier molecular flexibility index (Phi) is 4.59. The van der Waals surface area contributed by atoms with Crippen LogP contribution in [0.1, 0.15) is 23.7 Å². The topological polar surface area (TPSA) is 29.1 Å². The number of hydrogen-bond acceptors (Lipinski definition) is 2. The van der Waals surface area contributed by atoms with Crippen LogP contribution in [0.3, 0.4) is 0 Å². The van der Waals surface area contributed by atoms with E-state index >= 15 is 0 Å². The number of Topliss-reactive ketones (excluding diaryl/α,β-unsaturated/α-hetero) is 1. The van der Waals surface area contributed by atoms with Gasteiger partial charge in [0.05, 0.1) is 6.54 Å². The van der Waals surface area contributed by atoms with E-state index in [9.17, 15) is 4.79 Å². The summed E-state index contributed by atoms with van der Waals surface area (Å²) >= 11 is 0. The molecule has 1 unspecified atom stereocenters. The molecule has 1 N–H and O–H groups in total. The molecule has 0 aromatic heterocycles. The lowest BCUT2D eigenvalue weighted by molar-refractivity contribution is 0.0972. The first-order valence-electron chi connectivity index (χ1n) is 4.99.